The lowest BCUT2D eigenvalue weighted by molar-refractivity contribution is 0.281. The number of anilines is 8. The average Bonchev–Trinajstić information content (AvgIpc) is 3.52. The van der Waals surface area contributed by atoms with Crippen LogP contribution in [0.3, 0.4) is 0 Å². The Morgan fingerprint density at radius 3 is 1.74 bits per heavy atom. The summed E-state index contributed by atoms with van der Waals surface area (Å²) in [6.45, 7) is 11.8. The Morgan fingerprint density at radius 1 is 0.484 bits per heavy atom. The highest BCUT2D eigenvalue weighted by Crippen LogP contribution is 2.62. The van der Waals surface area contributed by atoms with Crippen molar-refractivity contribution >= 4 is 68.6 Å². The molecule has 2 unspecified atom stereocenters. The fourth-order valence-corrected chi connectivity index (χ4v) is 12.0. The van der Waals surface area contributed by atoms with E-state index in [1.54, 1.807) is 0 Å². The van der Waals surface area contributed by atoms with E-state index in [1.165, 1.54) is 95.3 Å². The van der Waals surface area contributed by atoms with Gasteiger partial charge >= 0.3 is 0 Å². The van der Waals surface area contributed by atoms with E-state index in [0.29, 0.717) is 0 Å². The van der Waals surface area contributed by atoms with Crippen molar-refractivity contribution in [3.63, 3.8) is 0 Å². The zero-order valence-electron chi connectivity index (χ0n) is 36.2. The molecule has 300 valence electrons. The van der Waals surface area contributed by atoms with Gasteiger partial charge < -0.3 is 14.7 Å². The smallest absolute Gasteiger partial charge is 0.252 e. The lowest BCUT2D eigenvalue weighted by Gasteiger charge is -2.53. The summed E-state index contributed by atoms with van der Waals surface area (Å²) in [5, 5.41) is 0. The van der Waals surface area contributed by atoms with Gasteiger partial charge in [0, 0.05) is 50.9 Å². The molecule has 12 rings (SSSR count). The number of nitrogens with zero attached hydrogens (tertiary/aromatic N) is 3. The number of rotatable bonds is 4. The molecule has 0 saturated heterocycles. The molecule has 4 heteroatoms. The third kappa shape index (κ3) is 5.13. The second-order valence-electron chi connectivity index (χ2n) is 19.3. The first-order valence-electron chi connectivity index (χ1n) is 22.3. The predicted octanol–water partition coefficient (Wildman–Crippen LogP) is 12.4. The van der Waals surface area contributed by atoms with E-state index in [-0.39, 0.29) is 23.1 Å². The van der Waals surface area contributed by atoms with E-state index in [0.717, 1.165) is 12.8 Å². The summed E-state index contributed by atoms with van der Waals surface area (Å²) < 4.78 is 0. The molecule has 62 heavy (non-hydrogen) atoms. The van der Waals surface area contributed by atoms with Crippen molar-refractivity contribution in [2.24, 2.45) is 0 Å². The predicted molar refractivity (Wildman–Crippen MR) is 262 cm³/mol. The highest BCUT2D eigenvalue weighted by Gasteiger charge is 2.62. The maximum Gasteiger partial charge on any atom is 0.252 e. The SMILES string of the molecule is Cc1cc2c3c(c1)N(c1ccc(C(C)(C)C)cc1)c1cc(N4c5ccccc5C5(c6ccccc6)Cc6ccccc6CC45C)ccc1B3c1ccccc1N2c1ccccc1. The highest BCUT2D eigenvalue weighted by molar-refractivity contribution is 7.00. The molecule has 0 amide bonds. The van der Waals surface area contributed by atoms with Gasteiger partial charge in [0.25, 0.3) is 6.71 Å². The summed E-state index contributed by atoms with van der Waals surface area (Å²) in [6, 6.07) is 71.4. The molecule has 0 bridgehead atoms. The van der Waals surface area contributed by atoms with E-state index in [9.17, 15) is 0 Å². The third-order valence-electron chi connectivity index (χ3n) is 14.8. The number of hydrogen-bond acceptors (Lipinski definition) is 3. The number of benzene rings is 8. The van der Waals surface area contributed by atoms with Crippen LogP contribution < -0.4 is 31.1 Å². The Bertz CT molecular complexity index is 3060. The van der Waals surface area contributed by atoms with Gasteiger partial charge in [-0.1, -0.05) is 148 Å². The van der Waals surface area contributed by atoms with E-state index >= 15 is 0 Å². The van der Waals surface area contributed by atoms with Crippen molar-refractivity contribution in [1.82, 2.24) is 0 Å². The van der Waals surface area contributed by atoms with Crippen molar-refractivity contribution in [1.29, 1.82) is 0 Å². The van der Waals surface area contributed by atoms with Gasteiger partial charge in [0.1, 0.15) is 0 Å². The molecule has 0 radical (unpaired) electrons. The molecule has 8 aromatic rings. The van der Waals surface area contributed by atoms with Crippen LogP contribution in [0.25, 0.3) is 0 Å². The van der Waals surface area contributed by atoms with Crippen LogP contribution in [0.2, 0.25) is 0 Å². The van der Waals surface area contributed by atoms with E-state index in [1.807, 2.05) is 0 Å². The Kier molecular flexibility index (Phi) is 7.98. The first-order valence-corrected chi connectivity index (χ1v) is 22.3. The van der Waals surface area contributed by atoms with Gasteiger partial charge in [-0.2, -0.15) is 0 Å². The Labute approximate surface area is 367 Å². The summed E-state index contributed by atoms with van der Waals surface area (Å²) in [4.78, 5) is 7.80. The second kappa shape index (κ2) is 13.4. The van der Waals surface area contributed by atoms with E-state index in [2.05, 4.69) is 237 Å². The fraction of sp³-hybridized carbons (Fsp3) is 0.172. The lowest BCUT2D eigenvalue weighted by Crippen LogP contribution is -2.61. The lowest BCUT2D eigenvalue weighted by atomic mass is 9.33. The van der Waals surface area contributed by atoms with Crippen molar-refractivity contribution in [2.45, 2.75) is 63.8 Å². The zero-order valence-corrected chi connectivity index (χ0v) is 36.2. The molecule has 3 nitrogen and oxygen atoms in total. The molecular formula is C58H50BN3. The monoisotopic (exact) mass is 799 g/mol. The van der Waals surface area contributed by atoms with Crippen molar-refractivity contribution < 1.29 is 0 Å². The number of aryl methyl sites for hydroxylation is 1. The van der Waals surface area contributed by atoms with Crippen LogP contribution in [0, 0.1) is 6.92 Å². The van der Waals surface area contributed by atoms with Gasteiger partial charge in [0.2, 0.25) is 0 Å². The Morgan fingerprint density at radius 2 is 1.03 bits per heavy atom. The maximum atomic E-state index is 2.73. The quantitative estimate of drug-likeness (QED) is 0.164. The number of fused-ring (bicyclic) bond motifs is 8. The molecule has 0 fully saturated rings. The molecule has 0 aromatic heterocycles. The molecule has 0 saturated carbocycles. The molecule has 4 aliphatic rings. The van der Waals surface area contributed by atoms with Crippen LogP contribution >= 0.6 is 0 Å². The summed E-state index contributed by atoms with van der Waals surface area (Å²) in [7, 11) is 0. The average molecular weight is 800 g/mol. The van der Waals surface area contributed by atoms with Gasteiger partial charge in [-0.3, -0.25) is 0 Å². The van der Waals surface area contributed by atoms with Crippen molar-refractivity contribution in [3.05, 3.63) is 221 Å². The summed E-state index contributed by atoms with van der Waals surface area (Å²) in [5.74, 6) is 0. The molecular weight excluding hydrogens is 749 g/mol. The van der Waals surface area contributed by atoms with E-state index < -0.39 is 0 Å². The van der Waals surface area contributed by atoms with E-state index in [4.69, 9.17) is 0 Å². The Balaban J connectivity index is 1.13. The normalized spacial score (nSPS) is 19.2. The van der Waals surface area contributed by atoms with Crippen molar-refractivity contribution in [2.75, 3.05) is 14.7 Å². The molecule has 1 aliphatic carbocycles. The maximum absolute atomic E-state index is 2.73. The minimum Gasteiger partial charge on any atom is -0.334 e. The van der Waals surface area contributed by atoms with Crippen LogP contribution in [-0.4, -0.2) is 12.3 Å². The Hall–Kier alpha value is -6.78. The van der Waals surface area contributed by atoms with Gasteiger partial charge in [0.15, 0.2) is 0 Å². The largest absolute Gasteiger partial charge is 0.334 e. The summed E-state index contributed by atoms with van der Waals surface area (Å²) in [5.41, 5.74) is 21.5. The van der Waals surface area contributed by atoms with Gasteiger partial charge in [0.05, 0.1) is 5.54 Å². The summed E-state index contributed by atoms with van der Waals surface area (Å²) >= 11 is 0. The molecule has 8 aromatic carbocycles. The first-order chi connectivity index (χ1) is 30.2. The van der Waals surface area contributed by atoms with Crippen LogP contribution in [-0.2, 0) is 23.7 Å². The third-order valence-corrected chi connectivity index (χ3v) is 14.8. The minimum atomic E-state index is -0.302. The molecule has 0 spiro atoms. The van der Waals surface area contributed by atoms with Crippen molar-refractivity contribution in [3.8, 4) is 0 Å². The molecule has 0 N–H and O–H groups in total. The number of para-hydroxylation sites is 3. The second-order valence-corrected chi connectivity index (χ2v) is 19.3. The topological polar surface area (TPSA) is 9.72 Å². The number of hydrogen-bond donors (Lipinski definition) is 0. The van der Waals surface area contributed by atoms with Crippen LogP contribution in [0.4, 0.5) is 45.5 Å². The van der Waals surface area contributed by atoms with Gasteiger partial charge in [-0.25, -0.2) is 0 Å². The summed E-state index contributed by atoms with van der Waals surface area (Å²) in [6.07, 6.45) is 1.87. The minimum absolute atomic E-state index is 0.0431. The van der Waals surface area contributed by atoms with Gasteiger partial charge in [-0.15, -0.1) is 0 Å². The molecule has 2 atom stereocenters. The highest BCUT2D eigenvalue weighted by atomic mass is 15.3. The molecule has 3 heterocycles. The van der Waals surface area contributed by atoms with Crippen LogP contribution in [0.15, 0.2) is 188 Å². The van der Waals surface area contributed by atoms with Gasteiger partial charge in [-0.05, 0) is 143 Å². The molecule has 3 aliphatic heterocycles. The standard InChI is InChI=1S/C58H50BN3/c1-39-34-53-55-54(35-39)61(45-30-28-42(29-31-45)56(2,3)4)52-36-46(32-33-49(52)59(55)48-25-15-17-27-51(48)60(53)44-22-10-7-11-23-44)62-50-26-16-14-24-47(50)58(43-20-8-6-9-21-43)38-41-19-13-12-18-40(41)37-57(58,62)5/h6-36H,37-38H2,1-5H3. The zero-order chi connectivity index (χ0) is 42.0. The van der Waals surface area contributed by atoms with Crippen LogP contribution in [0.1, 0.15) is 61.1 Å². The fourth-order valence-electron chi connectivity index (χ4n) is 12.0. The first kappa shape index (κ1) is 37.0. The van der Waals surface area contributed by atoms with Crippen LogP contribution in [0.5, 0.6) is 0 Å².